The molecule has 188 valence electrons. The standard InChI is InChI=1S/C25H38N4O4S/c1-2-33-23(31)18-10-9-15-28(17-18)22(30)21-16-26-24(34-21)27-25(32)29(19-11-5-3-6-12-19)20-13-7-4-8-14-20/h16,18-20H,2-15,17H2,1H3,(H,26,27,32). The molecule has 34 heavy (non-hydrogen) atoms. The van der Waals surface area contributed by atoms with E-state index < -0.39 is 0 Å². The van der Waals surface area contributed by atoms with Gasteiger partial charge in [-0.2, -0.15) is 0 Å². The summed E-state index contributed by atoms with van der Waals surface area (Å²) in [5.41, 5.74) is 0. The number of urea groups is 1. The molecule has 3 fully saturated rings. The van der Waals surface area contributed by atoms with Gasteiger partial charge in [-0.3, -0.25) is 14.9 Å². The number of anilines is 1. The Kier molecular flexibility index (Phi) is 8.80. The van der Waals surface area contributed by atoms with E-state index in [-0.39, 0.29) is 23.8 Å². The van der Waals surface area contributed by atoms with Crippen LogP contribution in [0, 0.1) is 5.92 Å². The van der Waals surface area contributed by atoms with Crippen LogP contribution in [-0.4, -0.2) is 64.5 Å². The summed E-state index contributed by atoms with van der Waals surface area (Å²) in [4.78, 5) is 47.3. The number of hydrogen-bond donors (Lipinski definition) is 1. The molecule has 2 aliphatic carbocycles. The number of amides is 3. The highest BCUT2D eigenvalue weighted by atomic mass is 32.1. The largest absolute Gasteiger partial charge is 0.466 e. The molecule has 0 spiro atoms. The first-order valence-electron chi connectivity index (χ1n) is 13.1. The number of esters is 1. The molecular weight excluding hydrogens is 452 g/mol. The second-order valence-electron chi connectivity index (χ2n) is 9.79. The van der Waals surface area contributed by atoms with Crippen LogP contribution in [0.5, 0.6) is 0 Å². The molecular formula is C25H38N4O4S. The minimum absolute atomic E-state index is 0.0764. The highest BCUT2D eigenvalue weighted by Crippen LogP contribution is 2.31. The van der Waals surface area contributed by atoms with Gasteiger partial charge in [-0.1, -0.05) is 49.9 Å². The molecule has 4 rings (SSSR count). The van der Waals surface area contributed by atoms with E-state index in [0.717, 1.165) is 38.5 Å². The Bertz CT molecular complexity index is 830. The highest BCUT2D eigenvalue weighted by molar-refractivity contribution is 7.17. The van der Waals surface area contributed by atoms with Gasteiger partial charge in [0.1, 0.15) is 4.88 Å². The zero-order valence-corrected chi connectivity index (χ0v) is 21.1. The summed E-state index contributed by atoms with van der Waals surface area (Å²) in [7, 11) is 0. The average Bonchev–Trinajstić information content (AvgIpc) is 3.33. The molecule has 0 bridgehead atoms. The fraction of sp³-hybridized carbons (Fsp3) is 0.760. The third kappa shape index (κ3) is 6.09. The first-order valence-corrected chi connectivity index (χ1v) is 13.9. The fourth-order valence-electron chi connectivity index (χ4n) is 5.70. The highest BCUT2D eigenvalue weighted by Gasteiger charge is 2.34. The lowest BCUT2D eigenvalue weighted by Gasteiger charge is -2.41. The maximum absolute atomic E-state index is 13.4. The molecule has 2 saturated carbocycles. The molecule has 8 nitrogen and oxygen atoms in total. The molecule has 1 unspecified atom stereocenters. The number of ether oxygens (including phenoxy) is 1. The Morgan fingerprint density at radius 3 is 2.29 bits per heavy atom. The van der Waals surface area contributed by atoms with Gasteiger partial charge in [-0.25, -0.2) is 9.78 Å². The number of likely N-dealkylation sites (tertiary alicyclic amines) is 1. The van der Waals surface area contributed by atoms with Crippen LogP contribution in [0.1, 0.15) is 93.6 Å². The van der Waals surface area contributed by atoms with Gasteiger partial charge in [-0.15, -0.1) is 0 Å². The minimum Gasteiger partial charge on any atom is -0.466 e. The van der Waals surface area contributed by atoms with Gasteiger partial charge in [-0.05, 0) is 45.4 Å². The zero-order valence-electron chi connectivity index (χ0n) is 20.3. The molecule has 1 N–H and O–H groups in total. The third-order valence-corrected chi connectivity index (χ3v) is 8.33. The third-order valence-electron chi connectivity index (χ3n) is 7.43. The lowest BCUT2D eigenvalue weighted by Crippen LogP contribution is -2.50. The van der Waals surface area contributed by atoms with E-state index in [4.69, 9.17) is 4.74 Å². The van der Waals surface area contributed by atoms with Crippen molar-refractivity contribution in [2.45, 2.75) is 96.1 Å². The van der Waals surface area contributed by atoms with E-state index in [1.807, 2.05) is 0 Å². The molecule has 1 aliphatic heterocycles. The summed E-state index contributed by atoms with van der Waals surface area (Å²) in [5, 5.41) is 3.47. The predicted molar refractivity (Wildman–Crippen MR) is 132 cm³/mol. The Balaban J connectivity index is 1.40. The fourth-order valence-corrected chi connectivity index (χ4v) is 6.48. The lowest BCUT2D eigenvalue weighted by molar-refractivity contribution is -0.149. The summed E-state index contributed by atoms with van der Waals surface area (Å²) in [6, 6.07) is 0.518. The Morgan fingerprint density at radius 1 is 1.03 bits per heavy atom. The van der Waals surface area contributed by atoms with Gasteiger partial charge in [0.25, 0.3) is 5.91 Å². The summed E-state index contributed by atoms with van der Waals surface area (Å²) >= 11 is 1.22. The van der Waals surface area contributed by atoms with Crippen molar-refractivity contribution in [1.82, 2.24) is 14.8 Å². The van der Waals surface area contributed by atoms with Crippen molar-refractivity contribution >= 4 is 34.4 Å². The van der Waals surface area contributed by atoms with Crippen LogP contribution >= 0.6 is 11.3 Å². The quantitative estimate of drug-likeness (QED) is 0.563. The van der Waals surface area contributed by atoms with Crippen molar-refractivity contribution in [3.63, 3.8) is 0 Å². The van der Waals surface area contributed by atoms with Gasteiger partial charge in [0.2, 0.25) is 0 Å². The molecule has 0 radical (unpaired) electrons. The van der Waals surface area contributed by atoms with E-state index in [1.54, 1.807) is 18.0 Å². The second-order valence-corrected chi connectivity index (χ2v) is 10.8. The summed E-state index contributed by atoms with van der Waals surface area (Å²) in [6.07, 6.45) is 14.6. The monoisotopic (exact) mass is 490 g/mol. The van der Waals surface area contributed by atoms with E-state index in [9.17, 15) is 14.4 Å². The number of thiazole rings is 1. The first kappa shape index (κ1) is 24.9. The maximum atomic E-state index is 13.4. The zero-order chi connectivity index (χ0) is 23.9. The van der Waals surface area contributed by atoms with E-state index in [0.29, 0.717) is 41.8 Å². The van der Waals surface area contributed by atoms with Crippen LogP contribution in [0.2, 0.25) is 0 Å². The molecule has 9 heteroatoms. The molecule has 1 saturated heterocycles. The Hall–Kier alpha value is -2.16. The minimum atomic E-state index is -0.274. The van der Waals surface area contributed by atoms with Crippen LogP contribution in [-0.2, 0) is 9.53 Å². The number of nitrogens with one attached hydrogen (secondary N) is 1. The van der Waals surface area contributed by atoms with Crippen molar-refractivity contribution in [3.8, 4) is 0 Å². The number of hydrogen-bond acceptors (Lipinski definition) is 6. The molecule has 3 amide bonds. The van der Waals surface area contributed by atoms with Gasteiger partial charge < -0.3 is 14.5 Å². The average molecular weight is 491 g/mol. The number of rotatable bonds is 6. The summed E-state index contributed by atoms with van der Waals surface area (Å²) in [5.74, 6) is -0.643. The molecule has 1 atom stereocenters. The van der Waals surface area contributed by atoms with Crippen LogP contribution in [0.25, 0.3) is 0 Å². The van der Waals surface area contributed by atoms with Gasteiger partial charge >= 0.3 is 12.0 Å². The number of aromatic nitrogens is 1. The number of carbonyl (C=O) groups is 3. The van der Waals surface area contributed by atoms with Gasteiger partial charge in [0.15, 0.2) is 5.13 Å². The van der Waals surface area contributed by atoms with E-state index in [1.165, 1.54) is 49.9 Å². The smallest absolute Gasteiger partial charge is 0.324 e. The van der Waals surface area contributed by atoms with Crippen molar-refractivity contribution in [2.24, 2.45) is 5.92 Å². The van der Waals surface area contributed by atoms with Crippen LogP contribution in [0.3, 0.4) is 0 Å². The summed E-state index contributed by atoms with van der Waals surface area (Å²) < 4.78 is 5.15. The van der Waals surface area contributed by atoms with Crippen molar-refractivity contribution in [1.29, 1.82) is 0 Å². The van der Waals surface area contributed by atoms with E-state index in [2.05, 4.69) is 15.2 Å². The molecule has 1 aromatic heterocycles. The van der Waals surface area contributed by atoms with Crippen molar-refractivity contribution in [3.05, 3.63) is 11.1 Å². The molecule has 0 aromatic carbocycles. The lowest BCUT2D eigenvalue weighted by atomic mass is 9.89. The Morgan fingerprint density at radius 2 is 1.68 bits per heavy atom. The molecule has 1 aromatic rings. The molecule has 2 heterocycles. The predicted octanol–water partition coefficient (Wildman–Crippen LogP) is 5.06. The number of nitrogens with zero attached hydrogens (tertiary/aromatic N) is 3. The summed E-state index contributed by atoms with van der Waals surface area (Å²) in [6.45, 7) is 3.13. The van der Waals surface area contributed by atoms with Crippen LogP contribution < -0.4 is 5.32 Å². The van der Waals surface area contributed by atoms with Crippen LogP contribution in [0.4, 0.5) is 9.93 Å². The SMILES string of the molecule is CCOC(=O)C1CCCN(C(=O)c2cnc(NC(=O)N(C3CCCCC3)C3CCCCC3)s2)C1. The van der Waals surface area contributed by atoms with Gasteiger partial charge in [0, 0.05) is 25.2 Å². The van der Waals surface area contributed by atoms with E-state index >= 15 is 0 Å². The van der Waals surface area contributed by atoms with Gasteiger partial charge in [0.05, 0.1) is 18.7 Å². The maximum Gasteiger partial charge on any atom is 0.324 e. The molecule has 3 aliphatic rings. The topological polar surface area (TPSA) is 91.8 Å². The van der Waals surface area contributed by atoms with Crippen molar-refractivity contribution in [2.75, 3.05) is 25.0 Å². The Labute approximate surface area is 206 Å². The number of piperidine rings is 1. The second kappa shape index (κ2) is 12.0. The normalized spacial score (nSPS) is 22.3. The van der Waals surface area contributed by atoms with Crippen molar-refractivity contribution < 1.29 is 19.1 Å². The van der Waals surface area contributed by atoms with Crippen LogP contribution in [0.15, 0.2) is 6.20 Å². The first-order chi connectivity index (χ1) is 16.6. The number of carbonyl (C=O) groups excluding carboxylic acids is 3.